The number of para-hydroxylation sites is 1. The van der Waals surface area contributed by atoms with Gasteiger partial charge in [-0.2, -0.15) is 0 Å². The molecule has 0 saturated heterocycles. The van der Waals surface area contributed by atoms with Crippen molar-refractivity contribution in [3.63, 3.8) is 0 Å². The highest BCUT2D eigenvalue weighted by Gasteiger charge is 2.12. The molecule has 1 heterocycles. The largest absolute Gasteiger partial charge is 0.324 e. The molecule has 21 heavy (non-hydrogen) atoms. The van der Waals surface area contributed by atoms with Crippen molar-refractivity contribution in [2.75, 3.05) is 11.1 Å². The molecule has 0 radical (unpaired) electrons. The van der Waals surface area contributed by atoms with Gasteiger partial charge in [-0.3, -0.25) is 4.79 Å². The number of hydrogen-bond donors (Lipinski definition) is 1. The zero-order chi connectivity index (χ0) is 15.2. The van der Waals surface area contributed by atoms with Crippen molar-refractivity contribution in [1.82, 2.24) is 14.8 Å². The van der Waals surface area contributed by atoms with Crippen molar-refractivity contribution in [1.29, 1.82) is 0 Å². The maximum atomic E-state index is 12.0. The summed E-state index contributed by atoms with van der Waals surface area (Å²) in [4.78, 5) is 12.0. The SMILES string of the molecule is CCc1nnc(SCC(=O)Nc2ccccc2I)n1CC. The molecule has 0 atom stereocenters. The molecular formula is C14H17IN4OS. The molecule has 0 aliphatic carbocycles. The van der Waals surface area contributed by atoms with Crippen LogP contribution in [0.25, 0.3) is 0 Å². The summed E-state index contributed by atoms with van der Waals surface area (Å²) in [7, 11) is 0. The second-order valence-corrected chi connectivity index (χ2v) is 6.42. The standard InChI is InChI=1S/C14H17IN4OS/c1-3-12-17-18-14(19(12)4-2)21-9-13(20)16-11-8-6-5-7-10(11)15/h5-8H,3-4,9H2,1-2H3,(H,16,20). The van der Waals surface area contributed by atoms with Gasteiger partial charge in [0, 0.05) is 16.5 Å². The van der Waals surface area contributed by atoms with Crippen LogP contribution in [0.2, 0.25) is 0 Å². The number of hydrogen-bond acceptors (Lipinski definition) is 4. The summed E-state index contributed by atoms with van der Waals surface area (Å²) in [6.45, 7) is 4.92. The molecule has 112 valence electrons. The van der Waals surface area contributed by atoms with Gasteiger partial charge in [-0.1, -0.05) is 30.8 Å². The molecule has 0 aliphatic rings. The zero-order valence-corrected chi connectivity index (χ0v) is 14.9. The fourth-order valence-corrected chi connectivity index (χ4v) is 3.23. The van der Waals surface area contributed by atoms with Gasteiger partial charge in [0.05, 0.1) is 11.4 Å². The summed E-state index contributed by atoms with van der Waals surface area (Å²) < 4.78 is 3.07. The Kier molecular flexibility index (Phi) is 6.04. The fourth-order valence-electron chi connectivity index (χ4n) is 1.88. The lowest BCUT2D eigenvalue weighted by atomic mass is 10.3. The van der Waals surface area contributed by atoms with E-state index in [0.29, 0.717) is 5.75 Å². The molecule has 0 bridgehead atoms. The summed E-state index contributed by atoms with van der Waals surface area (Å²) in [5.41, 5.74) is 0.843. The fraction of sp³-hybridized carbons (Fsp3) is 0.357. The smallest absolute Gasteiger partial charge is 0.234 e. The Morgan fingerprint density at radius 1 is 1.33 bits per heavy atom. The molecule has 2 rings (SSSR count). The lowest BCUT2D eigenvalue weighted by Crippen LogP contribution is -2.15. The predicted octanol–water partition coefficient (Wildman–Crippen LogP) is 3.20. The van der Waals surface area contributed by atoms with Gasteiger partial charge in [0.25, 0.3) is 0 Å². The van der Waals surface area contributed by atoms with Gasteiger partial charge in [0.2, 0.25) is 5.91 Å². The topological polar surface area (TPSA) is 59.8 Å². The van der Waals surface area contributed by atoms with Gasteiger partial charge < -0.3 is 9.88 Å². The molecule has 1 N–H and O–H groups in total. The molecule has 0 saturated carbocycles. The van der Waals surface area contributed by atoms with Crippen LogP contribution < -0.4 is 5.32 Å². The summed E-state index contributed by atoms with van der Waals surface area (Å²) >= 11 is 3.62. The number of rotatable bonds is 6. The van der Waals surface area contributed by atoms with Crippen LogP contribution in [-0.4, -0.2) is 26.4 Å². The third-order valence-corrected chi connectivity index (χ3v) is 4.81. The summed E-state index contributed by atoms with van der Waals surface area (Å²) in [6, 6.07) is 7.72. The Hall–Kier alpha value is -1.09. The van der Waals surface area contributed by atoms with Gasteiger partial charge in [0.1, 0.15) is 5.82 Å². The van der Waals surface area contributed by atoms with Gasteiger partial charge >= 0.3 is 0 Å². The van der Waals surface area contributed by atoms with Crippen LogP contribution in [0, 0.1) is 3.57 Å². The second-order valence-electron chi connectivity index (χ2n) is 4.31. The molecule has 1 aromatic carbocycles. The minimum atomic E-state index is -0.0344. The Morgan fingerprint density at radius 3 is 2.76 bits per heavy atom. The molecular weight excluding hydrogens is 399 g/mol. The first-order chi connectivity index (χ1) is 10.2. The summed E-state index contributed by atoms with van der Waals surface area (Å²) in [5, 5.41) is 12.0. The minimum Gasteiger partial charge on any atom is -0.324 e. The van der Waals surface area contributed by atoms with Crippen molar-refractivity contribution in [3.8, 4) is 0 Å². The molecule has 0 aliphatic heterocycles. The normalized spacial score (nSPS) is 10.6. The van der Waals surface area contributed by atoms with Gasteiger partial charge in [-0.25, -0.2) is 0 Å². The van der Waals surface area contributed by atoms with Crippen LogP contribution in [0.3, 0.4) is 0 Å². The molecule has 0 unspecified atom stereocenters. The zero-order valence-electron chi connectivity index (χ0n) is 12.0. The third-order valence-electron chi connectivity index (χ3n) is 2.91. The Labute approximate surface area is 142 Å². The maximum Gasteiger partial charge on any atom is 0.234 e. The maximum absolute atomic E-state index is 12.0. The summed E-state index contributed by atoms with van der Waals surface area (Å²) in [6.07, 6.45) is 0.843. The van der Waals surface area contributed by atoms with E-state index < -0.39 is 0 Å². The number of anilines is 1. The monoisotopic (exact) mass is 416 g/mol. The Bertz CT molecular complexity index is 629. The number of aromatic nitrogens is 3. The summed E-state index contributed by atoms with van der Waals surface area (Å²) in [5.74, 6) is 1.25. The lowest BCUT2D eigenvalue weighted by molar-refractivity contribution is -0.113. The van der Waals surface area contributed by atoms with E-state index in [1.807, 2.05) is 28.8 Å². The van der Waals surface area contributed by atoms with E-state index >= 15 is 0 Å². The van der Waals surface area contributed by atoms with Crippen molar-refractivity contribution in [3.05, 3.63) is 33.7 Å². The number of carbonyl (C=O) groups is 1. The lowest BCUT2D eigenvalue weighted by Gasteiger charge is -2.08. The molecule has 7 heteroatoms. The van der Waals surface area contributed by atoms with Crippen LogP contribution in [0.1, 0.15) is 19.7 Å². The average molecular weight is 416 g/mol. The van der Waals surface area contributed by atoms with E-state index in [0.717, 1.165) is 33.2 Å². The number of aryl methyl sites for hydroxylation is 1. The van der Waals surface area contributed by atoms with E-state index in [4.69, 9.17) is 0 Å². The number of amides is 1. The first-order valence-corrected chi connectivity index (χ1v) is 8.81. The highest BCUT2D eigenvalue weighted by atomic mass is 127. The predicted molar refractivity (Wildman–Crippen MR) is 93.6 cm³/mol. The van der Waals surface area contributed by atoms with E-state index in [9.17, 15) is 4.79 Å². The number of halogens is 1. The molecule has 1 amide bonds. The van der Waals surface area contributed by atoms with Crippen LogP contribution in [0.4, 0.5) is 5.69 Å². The number of benzene rings is 1. The number of carbonyl (C=O) groups excluding carboxylic acids is 1. The van der Waals surface area contributed by atoms with E-state index in [1.165, 1.54) is 11.8 Å². The first-order valence-electron chi connectivity index (χ1n) is 6.75. The van der Waals surface area contributed by atoms with Gasteiger partial charge in [0.15, 0.2) is 5.16 Å². The second kappa shape index (κ2) is 7.79. The highest BCUT2D eigenvalue weighted by Crippen LogP contribution is 2.20. The quantitative estimate of drug-likeness (QED) is 0.581. The molecule has 2 aromatic rings. The van der Waals surface area contributed by atoms with Crippen LogP contribution in [-0.2, 0) is 17.8 Å². The van der Waals surface area contributed by atoms with Gasteiger partial charge in [-0.15, -0.1) is 10.2 Å². The van der Waals surface area contributed by atoms with Gasteiger partial charge in [-0.05, 0) is 41.6 Å². The Balaban J connectivity index is 1.95. The van der Waals surface area contributed by atoms with Crippen LogP contribution in [0.15, 0.2) is 29.4 Å². The van der Waals surface area contributed by atoms with E-state index in [-0.39, 0.29) is 5.91 Å². The number of nitrogens with one attached hydrogen (secondary N) is 1. The van der Waals surface area contributed by atoms with E-state index in [2.05, 4.69) is 52.0 Å². The molecule has 0 fully saturated rings. The number of nitrogens with zero attached hydrogens (tertiary/aromatic N) is 3. The average Bonchev–Trinajstić information content (AvgIpc) is 2.89. The van der Waals surface area contributed by atoms with Crippen molar-refractivity contribution in [2.24, 2.45) is 0 Å². The number of thioether (sulfide) groups is 1. The minimum absolute atomic E-state index is 0.0344. The molecule has 5 nitrogen and oxygen atoms in total. The van der Waals surface area contributed by atoms with Crippen molar-refractivity contribution >= 4 is 45.9 Å². The van der Waals surface area contributed by atoms with Crippen molar-refractivity contribution in [2.45, 2.75) is 32.0 Å². The van der Waals surface area contributed by atoms with Crippen molar-refractivity contribution < 1.29 is 4.79 Å². The first kappa shape index (κ1) is 16.3. The third kappa shape index (κ3) is 4.19. The van der Waals surface area contributed by atoms with Crippen LogP contribution >= 0.6 is 34.4 Å². The molecule has 0 spiro atoms. The highest BCUT2D eigenvalue weighted by molar-refractivity contribution is 14.1. The van der Waals surface area contributed by atoms with Crippen LogP contribution in [0.5, 0.6) is 0 Å². The van der Waals surface area contributed by atoms with E-state index in [1.54, 1.807) is 0 Å². The molecule has 1 aromatic heterocycles. The Morgan fingerprint density at radius 2 is 2.10 bits per heavy atom.